The predicted octanol–water partition coefficient (Wildman–Crippen LogP) is 6.24. The average molecular weight is 359 g/mol. The highest BCUT2D eigenvalue weighted by molar-refractivity contribution is 9.10. The number of rotatable bonds is 3. The lowest BCUT2D eigenvalue weighted by Crippen LogP contribution is -2.08. The van der Waals surface area contributed by atoms with Crippen molar-refractivity contribution in [1.29, 1.82) is 0 Å². The monoisotopic (exact) mass is 357 g/mol. The lowest BCUT2D eigenvalue weighted by atomic mass is 10.1. The highest BCUT2D eigenvalue weighted by atomic mass is 79.9. The Kier molecular flexibility index (Phi) is 4.77. The first kappa shape index (κ1) is 14.7. The average Bonchev–Trinajstić information content (AvgIpc) is 2.38. The Morgan fingerprint density at radius 1 is 1.11 bits per heavy atom. The van der Waals surface area contributed by atoms with Crippen LogP contribution in [0.4, 0.5) is 5.69 Å². The van der Waals surface area contributed by atoms with Crippen LogP contribution in [0.2, 0.25) is 10.0 Å². The summed E-state index contributed by atoms with van der Waals surface area (Å²) in [6.45, 7) is 4.12. The van der Waals surface area contributed by atoms with Crippen LogP contribution in [0.15, 0.2) is 40.9 Å². The highest BCUT2D eigenvalue weighted by Crippen LogP contribution is 2.33. The molecular weight excluding hydrogens is 345 g/mol. The van der Waals surface area contributed by atoms with Crippen molar-refractivity contribution in [2.24, 2.45) is 0 Å². The van der Waals surface area contributed by atoms with Gasteiger partial charge in [-0.2, -0.15) is 0 Å². The molecule has 100 valence electrons. The van der Waals surface area contributed by atoms with Gasteiger partial charge >= 0.3 is 0 Å². The Bertz CT molecular complexity index is 599. The Morgan fingerprint density at radius 2 is 1.79 bits per heavy atom. The molecule has 1 nitrogen and oxygen atoms in total. The summed E-state index contributed by atoms with van der Waals surface area (Å²) >= 11 is 15.9. The molecule has 1 unspecified atom stereocenters. The van der Waals surface area contributed by atoms with Gasteiger partial charge in [-0.15, -0.1) is 0 Å². The summed E-state index contributed by atoms with van der Waals surface area (Å²) in [6.07, 6.45) is 0. The number of halogens is 3. The zero-order valence-electron chi connectivity index (χ0n) is 10.7. The number of hydrogen-bond donors (Lipinski definition) is 1. The fourth-order valence-corrected chi connectivity index (χ4v) is 2.78. The number of hydrogen-bond acceptors (Lipinski definition) is 1. The van der Waals surface area contributed by atoms with Gasteiger partial charge in [0.2, 0.25) is 0 Å². The second-order valence-corrected chi connectivity index (χ2v) is 6.02. The van der Waals surface area contributed by atoms with E-state index in [2.05, 4.69) is 41.2 Å². The van der Waals surface area contributed by atoms with Gasteiger partial charge in [0.25, 0.3) is 0 Å². The Balaban J connectivity index is 2.28. The summed E-state index contributed by atoms with van der Waals surface area (Å²) < 4.78 is 1.07. The molecule has 1 atom stereocenters. The molecule has 2 aromatic rings. The van der Waals surface area contributed by atoms with Crippen LogP contribution in [0.1, 0.15) is 24.1 Å². The normalized spacial score (nSPS) is 12.3. The fraction of sp³-hybridized carbons (Fsp3) is 0.200. The van der Waals surface area contributed by atoms with Crippen molar-refractivity contribution in [3.63, 3.8) is 0 Å². The number of nitrogens with one attached hydrogen (secondary N) is 1. The molecule has 0 aliphatic heterocycles. The maximum absolute atomic E-state index is 6.24. The minimum atomic E-state index is 0.0734. The molecule has 0 aromatic heterocycles. The first-order valence-electron chi connectivity index (χ1n) is 5.96. The maximum Gasteiger partial charge on any atom is 0.0644 e. The highest BCUT2D eigenvalue weighted by Gasteiger charge is 2.13. The third-order valence-electron chi connectivity index (χ3n) is 3.01. The molecule has 0 spiro atoms. The van der Waals surface area contributed by atoms with Crippen LogP contribution in [0.5, 0.6) is 0 Å². The second-order valence-electron chi connectivity index (χ2n) is 4.45. The molecule has 0 heterocycles. The lowest BCUT2D eigenvalue weighted by molar-refractivity contribution is 0.883. The summed E-state index contributed by atoms with van der Waals surface area (Å²) in [7, 11) is 0. The van der Waals surface area contributed by atoms with E-state index in [0.717, 1.165) is 15.7 Å². The van der Waals surface area contributed by atoms with Gasteiger partial charge in [0.05, 0.1) is 16.1 Å². The summed E-state index contributed by atoms with van der Waals surface area (Å²) in [6, 6.07) is 11.9. The van der Waals surface area contributed by atoms with Gasteiger partial charge in [-0.1, -0.05) is 47.5 Å². The summed E-state index contributed by atoms with van der Waals surface area (Å²) in [5.41, 5.74) is 3.22. The summed E-state index contributed by atoms with van der Waals surface area (Å²) in [5, 5.41) is 4.63. The van der Waals surface area contributed by atoms with Crippen LogP contribution in [-0.2, 0) is 0 Å². The van der Waals surface area contributed by atoms with E-state index in [1.165, 1.54) is 5.56 Å². The van der Waals surface area contributed by atoms with Crippen LogP contribution in [0, 0.1) is 6.92 Å². The largest absolute Gasteiger partial charge is 0.378 e. The van der Waals surface area contributed by atoms with Crippen LogP contribution < -0.4 is 5.32 Å². The molecule has 2 aromatic carbocycles. The molecule has 2 rings (SSSR count). The summed E-state index contributed by atoms with van der Waals surface area (Å²) in [5.74, 6) is 0. The van der Waals surface area contributed by atoms with Crippen LogP contribution in [0.3, 0.4) is 0 Å². The molecule has 0 radical (unpaired) electrons. The van der Waals surface area contributed by atoms with E-state index in [9.17, 15) is 0 Å². The molecule has 19 heavy (non-hydrogen) atoms. The third kappa shape index (κ3) is 3.25. The quantitative estimate of drug-likeness (QED) is 0.684. The molecule has 1 N–H and O–H groups in total. The van der Waals surface area contributed by atoms with Gasteiger partial charge < -0.3 is 5.32 Å². The van der Waals surface area contributed by atoms with Crippen molar-refractivity contribution in [1.82, 2.24) is 0 Å². The lowest BCUT2D eigenvalue weighted by Gasteiger charge is -2.19. The van der Waals surface area contributed by atoms with E-state index in [-0.39, 0.29) is 6.04 Å². The molecule has 0 bridgehead atoms. The van der Waals surface area contributed by atoms with Gasteiger partial charge in [-0.3, -0.25) is 0 Å². The minimum absolute atomic E-state index is 0.0734. The van der Waals surface area contributed by atoms with E-state index in [1.54, 1.807) is 6.07 Å². The van der Waals surface area contributed by atoms with Gasteiger partial charge in [0, 0.05) is 10.2 Å². The fourth-order valence-electron chi connectivity index (χ4n) is 1.92. The third-order valence-corrected chi connectivity index (χ3v) is 4.90. The van der Waals surface area contributed by atoms with Gasteiger partial charge in [-0.25, -0.2) is 0 Å². The first-order valence-corrected chi connectivity index (χ1v) is 7.51. The Labute approximate surface area is 132 Å². The Hall–Kier alpha value is -0.700. The van der Waals surface area contributed by atoms with Crippen LogP contribution in [-0.4, -0.2) is 0 Å². The van der Waals surface area contributed by atoms with Crippen molar-refractivity contribution in [2.75, 3.05) is 5.32 Å². The topological polar surface area (TPSA) is 12.0 Å². The van der Waals surface area contributed by atoms with E-state index < -0.39 is 0 Å². The number of anilines is 1. The standard InChI is InChI=1S/C15H14BrCl2N/c1-9-5-3-8-13(14(9)16)19-10(2)11-6-4-7-12(17)15(11)18/h3-8,10,19H,1-2H3. The van der Waals surface area contributed by atoms with Crippen molar-refractivity contribution in [3.05, 3.63) is 62.0 Å². The number of aryl methyl sites for hydroxylation is 1. The smallest absolute Gasteiger partial charge is 0.0644 e. The van der Waals surface area contributed by atoms with Crippen molar-refractivity contribution in [2.45, 2.75) is 19.9 Å². The Morgan fingerprint density at radius 3 is 2.53 bits per heavy atom. The van der Waals surface area contributed by atoms with E-state index >= 15 is 0 Å². The predicted molar refractivity (Wildman–Crippen MR) is 87.4 cm³/mol. The summed E-state index contributed by atoms with van der Waals surface area (Å²) in [4.78, 5) is 0. The second kappa shape index (κ2) is 6.17. The zero-order chi connectivity index (χ0) is 14.0. The van der Waals surface area contributed by atoms with E-state index in [4.69, 9.17) is 23.2 Å². The van der Waals surface area contributed by atoms with Crippen molar-refractivity contribution >= 4 is 44.8 Å². The van der Waals surface area contributed by atoms with E-state index in [0.29, 0.717) is 10.0 Å². The minimum Gasteiger partial charge on any atom is -0.378 e. The van der Waals surface area contributed by atoms with Crippen molar-refractivity contribution < 1.29 is 0 Å². The van der Waals surface area contributed by atoms with Crippen LogP contribution >= 0.6 is 39.1 Å². The molecule has 0 aliphatic carbocycles. The van der Waals surface area contributed by atoms with Crippen molar-refractivity contribution in [3.8, 4) is 0 Å². The molecule has 0 fully saturated rings. The molecule has 0 aliphatic rings. The van der Waals surface area contributed by atoms with Gasteiger partial charge in [0.1, 0.15) is 0 Å². The molecule has 4 heteroatoms. The maximum atomic E-state index is 6.24. The molecule has 0 saturated heterocycles. The van der Waals surface area contributed by atoms with Gasteiger partial charge in [-0.05, 0) is 53.0 Å². The number of benzene rings is 2. The van der Waals surface area contributed by atoms with Crippen LogP contribution in [0.25, 0.3) is 0 Å². The molecule has 0 amide bonds. The molecule has 0 saturated carbocycles. The van der Waals surface area contributed by atoms with E-state index in [1.807, 2.05) is 24.3 Å². The zero-order valence-corrected chi connectivity index (χ0v) is 13.8. The van der Waals surface area contributed by atoms with Gasteiger partial charge in [0.15, 0.2) is 0 Å². The molecular formula is C15H14BrCl2N. The first-order chi connectivity index (χ1) is 9.00. The SMILES string of the molecule is Cc1cccc(NC(C)c2cccc(Cl)c2Cl)c1Br.